The van der Waals surface area contributed by atoms with Gasteiger partial charge in [0.15, 0.2) is 0 Å². The lowest BCUT2D eigenvalue weighted by atomic mass is 9.87. The van der Waals surface area contributed by atoms with Gasteiger partial charge in [0, 0.05) is 18.9 Å². The molecule has 0 saturated heterocycles. The number of hydrogen-bond acceptors (Lipinski definition) is 3. The van der Waals surface area contributed by atoms with Crippen molar-refractivity contribution in [3.8, 4) is 0 Å². The van der Waals surface area contributed by atoms with Gasteiger partial charge in [-0.3, -0.25) is 0 Å². The fourth-order valence-corrected chi connectivity index (χ4v) is 2.42. The van der Waals surface area contributed by atoms with Crippen LogP contribution in [0.25, 0.3) is 0 Å². The van der Waals surface area contributed by atoms with E-state index in [1.165, 1.54) is 0 Å². The Balaban J connectivity index is 2.17. The maximum Gasteiger partial charge on any atom is 0.0945 e. The summed E-state index contributed by atoms with van der Waals surface area (Å²) in [5, 5.41) is 13.5. The largest absolute Gasteiger partial charge is 0.394 e. The SMILES string of the molecule is CCCNC(CO)(CCn1ccnc1)c1ccccc1. The molecule has 0 spiro atoms. The Morgan fingerprint density at radius 3 is 2.70 bits per heavy atom. The molecule has 0 aliphatic rings. The monoisotopic (exact) mass is 273 g/mol. The average Bonchev–Trinajstić information content (AvgIpc) is 3.02. The molecule has 1 heterocycles. The summed E-state index contributed by atoms with van der Waals surface area (Å²) in [4.78, 5) is 4.06. The molecule has 0 fully saturated rings. The predicted octanol–water partition coefficient (Wildman–Crippen LogP) is 2.16. The number of aryl methyl sites for hydroxylation is 1. The van der Waals surface area contributed by atoms with Crippen molar-refractivity contribution in [1.29, 1.82) is 0 Å². The Morgan fingerprint density at radius 1 is 1.30 bits per heavy atom. The van der Waals surface area contributed by atoms with Crippen LogP contribution in [-0.4, -0.2) is 27.8 Å². The van der Waals surface area contributed by atoms with Crippen molar-refractivity contribution in [2.24, 2.45) is 0 Å². The minimum atomic E-state index is -0.387. The fraction of sp³-hybridized carbons (Fsp3) is 0.438. The number of aliphatic hydroxyl groups is 1. The molecule has 0 radical (unpaired) electrons. The number of benzene rings is 1. The molecule has 0 amide bonds. The van der Waals surface area contributed by atoms with Crippen LogP contribution in [0.1, 0.15) is 25.3 Å². The van der Waals surface area contributed by atoms with E-state index in [1.807, 2.05) is 35.3 Å². The molecule has 0 saturated carbocycles. The van der Waals surface area contributed by atoms with E-state index in [0.717, 1.165) is 31.5 Å². The Bertz CT molecular complexity index is 484. The Hall–Kier alpha value is -1.65. The van der Waals surface area contributed by atoms with Crippen LogP contribution in [0.2, 0.25) is 0 Å². The second kappa shape index (κ2) is 7.22. The molecule has 1 unspecified atom stereocenters. The molecular formula is C16H23N3O. The highest BCUT2D eigenvalue weighted by molar-refractivity contribution is 5.24. The van der Waals surface area contributed by atoms with E-state index in [-0.39, 0.29) is 12.1 Å². The average molecular weight is 273 g/mol. The zero-order valence-corrected chi connectivity index (χ0v) is 12.0. The first kappa shape index (κ1) is 14.8. The molecule has 20 heavy (non-hydrogen) atoms. The van der Waals surface area contributed by atoms with Crippen molar-refractivity contribution in [3.63, 3.8) is 0 Å². The van der Waals surface area contributed by atoms with Crippen LogP contribution < -0.4 is 5.32 Å². The summed E-state index contributed by atoms with van der Waals surface area (Å²) in [5.74, 6) is 0. The van der Waals surface area contributed by atoms with Crippen LogP contribution in [0.5, 0.6) is 0 Å². The fourth-order valence-electron chi connectivity index (χ4n) is 2.42. The number of aromatic nitrogens is 2. The summed E-state index contributed by atoms with van der Waals surface area (Å²) in [6.45, 7) is 3.94. The van der Waals surface area contributed by atoms with Gasteiger partial charge in [-0.05, 0) is 24.9 Å². The molecular weight excluding hydrogens is 250 g/mol. The van der Waals surface area contributed by atoms with Gasteiger partial charge < -0.3 is 15.0 Å². The van der Waals surface area contributed by atoms with Crippen LogP contribution in [0.4, 0.5) is 0 Å². The third kappa shape index (κ3) is 3.46. The van der Waals surface area contributed by atoms with Crippen molar-refractivity contribution in [2.45, 2.75) is 31.8 Å². The summed E-state index contributed by atoms with van der Waals surface area (Å²) in [7, 11) is 0. The molecule has 2 N–H and O–H groups in total. The summed E-state index contributed by atoms with van der Waals surface area (Å²) < 4.78 is 2.04. The van der Waals surface area contributed by atoms with Crippen molar-refractivity contribution in [2.75, 3.05) is 13.2 Å². The molecule has 0 aliphatic carbocycles. The molecule has 4 nitrogen and oxygen atoms in total. The van der Waals surface area contributed by atoms with Gasteiger partial charge in [0.25, 0.3) is 0 Å². The van der Waals surface area contributed by atoms with Crippen LogP contribution in [0.3, 0.4) is 0 Å². The molecule has 1 aromatic carbocycles. The molecule has 2 rings (SSSR count). The minimum Gasteiger partial charge on any atom is -0.394 e. The van der Waals surface area contributed by atoms with Crippen LogP contribution in [-0.2, 0) is 12.1 Å². The Labute approximate surface area is 120 Å². The second-order valence-corrected chi connectivity index (χ2v) is 5.08. The van der Waals surface area contributed by atoms with E-state index in [4.69, 9.17) is 0 Å². The third-order valence-electron chi connectivity index (χ3n) is 3.67. The highest BCUT2D eigenvalue weighted by Gasteiger charge is 2.30. The van der Waals surface area contributed by atoms with Gasteiger partial charge in [0.05, 0.1) is 18.5 Å². The smallest absolute Gasteiger partial charge is 0.0945 e. The summed E-state index contributed by atoms with van der Waals surface area (Å²) in [5.41, 5.74) is 0.748. The van der Waals surface area contributed by atoms with Gasteiger partial charge in [-0.25, -0.2) is 4.98 Å². The molecule has 0 aliphatic heterocycles. The number of imidazole rings is 1. The lowest BCUT2D eigenvalue weighted by molar-refractivity contribution is 0.146. The summed E-state index contributed by atoms with van der Waals surface area (Å²) in [6, 6.07) is 10.2. The molecule has 2 aromatic rings. The highest BCUT2D eigenvalue weighted by Crippen LogP contribution is 2.25. The predicted molar refractivity (Wildman–Crippen MR) is 80.3 cm³/mol. The topological polar surface area (TPSA) is 50.1 Å². The van der Waals surface area contributed by atoms with Crippen molar-refractivity contribution in [1.82, 2.24) is 14.9 Å². The Morgan fingerprint density at radius 2 is 2.10 bits per heavy atom. The van der Waals surface area contributed by atoms with Crippen LogP contribution >= 0.6 is 0 Å². The number of nitrogens with one attached hydrogen (secondary N) is 1. The summed E-state index contributed by atoms with van der Waals surface area (Å²) >= 11 is 0. The molecule has 108 valence electrons. The molecule has 4 heteroatoms. The minimum absolute atomic E-state index is 0.0890. The van der Waals surface area contributed by atoms with Gasteiger partial charge in [-0.1, -0.05) is 37.3 Å². The highest BCUT2D eigenvalue weighted by atomic mass is 16.3. The molecule has 1 atom stereocenters. The first-order valence-electron chi connectivity index (χ1n) is 7.18. The van der Waals surface area contributed by atoms with Crippen LogP contribution in [0.15, 0.2) is 49.1 Å². The first-order valence-corrected chi connectivity index (χ1v) is 7.18. The number of rotatable bonds is 8. The quantitative estimate of drug-likeness (QED) is 0.775. The normalized spacial score (nSPS) is 14.1. The van der Waals surface area contributed by atoms with E-state index in [1.54, 1.807) is 6.20 Å². The number of aliphatic hydroxyl groups excluding tert-OH is 1. The molecule has 1 aromatic heterocycles. The zero-order valence-electron chi connectivity index (χ0n) is 12.0. The van der Waals surface area contributed by atoms with Crippen molar-refractivity contribution in [3.05, 3.63) is 54.6 Å². The van der Waals surface area contributed by atoms with Gasteiger partial charge in [-0.15, -0.1) is 0 Å². The maximum absolute atomic E-state index is 10.00. The van der Waals surface area contributed by atoms with E-state index in [9.17, 15) is 5.11 Å². The van der Waals surface area contributed by atoms with Gasteiger partial charge in [-0.2, -0.15) is 0 Å². The van der Waals surface area contributed by atoms with Gasteiger partial charge in [0.1, 0.15) is 0 Å². The van der Waals surface area contributed by atoms with E-state index in [2.05, 4.69) is 29.4 Å². The standard InChI is InChI=1S/C16H23N3O/c1-2-9-18-16(13-20,15-6-4-3-5-7-15)8-11-19-12-10-17-14-19/h3-7,10,12,14,18,20H,2,8-9,11,13H2,1H3. The van der Waals surface area contributed by atoms with E-state index < -0.39 is 0 Å². The third-order valence-corrected chi connectivity index (χ3v) is 3.67. The number of hydrogen-bond donors (Lipinski definition) is 2. The Kier molecular flexibility index (Phi) is 5.32. The van der Waals surface area contributed by atoms with Crippen molar-refractivity contribution < 1.29 is 5.11 Å². The van der Waals surface area contributed by atoms with Crippen molar-refractivity contribution >= 4 is 0 Å². The zero-order chi connectivity index (χ0) is 14.3. The van der Waals surface area contributed by atoms with Gasteiger partial charge in [0.2, 0.25) is 0 Å². The first-order chi connectivity index (χ1) is 9.80. The van der Waals surface area contributed by atoms with Crippen LogP contribution in [0, 0.1) is 0 Å². The van der Waals surface area contributed by atoms with E-state index >= 15 is 0 Å². The second-order valence-electron chi connectivity index (χ2n) is 5.08. The van der Waals surface area contributed by atoms with Gasteiger partial charge >= 0.3 is 0 Å². The lowest BCUT2D eigenvalue weighted by Crippen LogP contribution is -2.46. The summed E-state index contributed by atoms with van der Waals surface area (Å²) in [6.07, 6.45) is 7.41. The maximum atomic E-state index is 10.00. The lowest BCUT2D eigenvalue weighted by Gasteiger charge is -2.34. The van der Waals surface area contributed by atoms with E-state index in [0.29, 0.717) is 0 Å². The molecule has 0 bridgehead atoms. The number of nitrogens with zero attached hydrogens (tertiary/aromatic N) is 2.